The monoisotopic (exact) mass is 424 g/mol. The molecule has 0 aliphatic carbocycles. The summed E-state index contributed by atoms with van der Waals surface area (Å²) in [4.78, 5) is 29.0. The normalized spacial score (nSPS) is 19.8. The van der Waals surface area contributed by atoms with Crippen LogP contribution in [0.3, 0.4) is 0 Å². The number of piperazine rings is 1. The standard InChI is InChI=1S/C21H24N6O4/c1-15-11-26(20(28)31-21(2)13-29-14-21)5-6-27(15)19-24-9-18(10-25-19)30-12-16-3-4-23-8-17(16)7-22/h3-4,8-10,15H,5-6,11-14H2,1-2H3/t15-/m1/s1. The van der Waals surface area contributed by atoms with Gasteiger partial charge in [0.2, 0.25) is 5.95 Å². The molecule has 1 atom stereocenters. The third kappa shape index (κ3) is 4.67. The molecule has 0 N–H and O–H groups in total. The van der Waals surface area contributed by atoms with Gasteiger partial charge in [0.25, 0.3) is 0 Å². The van der Waals surface area contributed by atoms with Gasteiger partial charge in [0.1, 0.15) is 12.7 Å². The Bertz CT molecular complexity index is 973. The van der Waals surface area contributed by atoms with Crippen LogP contribution in [0, 0.1) is 11.3 Å². The number of ether oxygens (including phenoxy) is 3. The van der Waals surface area contributed by atoms with Crippen LogP contribution in [0.2, 0.25) is 0 Å². The molecule has 2 aliphatic rings. The van der Waals surface area contributed by atoms with Crippen LogP contribution in [0.25, 0.3) is 0 Å². The van der Waals surface area contributed by atoms with Crippen LogP contribution in [0.4, 0.5) is 10.7 Å². The largest absolute Gasteiger partial charge is 0.486 e. The van der Waals surface area contributed by atoms with Gasteiger partial charge in [-0.05, 0) is 19.9 Å². The minimum atomic E-state index is -0.513. The van der Waals surface area contributed by atoms with Crippen molar-refractivity contribution in [1.29, 1.82) is 5.26 Å². The van der Waals surface area contributed by atoms with Crippen molar-refractivity contribution in [1.82, 2.24) is 19.9 Å². The molecule has 4 heterocycles. The molecule has 31 heavy (non-hydrogen) atoms. The van der Waals surface area contributed by atoms with E-state index < -0.39 is 5.60 Å². The number of hydrogen-bond acceptors (Lipinski definition) is 9. The zero-order chi connectivity index (χ0) is 21.8. The topological polar surface area (TPSA) is 114 Å². The predicted molar refractivity (Wildman–Crippen MR) is 109 cm³/mol. The van der Waals surface area contributed by atoms with E-state index in [1.165, 1.54) is 6.20 Å². The number of carbonyl (C=O) groups excluding carboxylic acids is 1. The Labute approximate surface area is 180 Å². The van der Waals surface area contributed by atoms with E-state index in [1.807, 2.05) is 13.8 Å². The van der Waals surface area contributed by atoms with E-state index in [9.17, 15) is 4.79 Å². The highest BCUT2D eigenvalue weighted by atomic mass is 16.6. The molecular formula is C21H24N6O4. The second-order valence-corrected chi connectivity index (χ2v) is 7.95. The number of anilines is 1. The third-order valence-corrected chi connectivity index (χ3v) is 5.33. The second-order valence-electron chi connectivity index (χ2n) is 7.95. The average Bonchev–Trinajstić information content (AvgIpc) is 2.77. The fraction of sp³-hybridized carbons (Fsp3) is 0.476. The molecule has 1 amide bonds. The maximum atomic E-state index is 12.4. The van der Waals surface area contributed by atoms with E-state index in [4.69, 9.17) is 19.5 Å². The minimum Gasteiger partial charge on any atom is -0.486 e. The highest BCUT2D eigenvalue weighted by Crippen LogP contribution is 2.24. The van der Waals surface area contributed by atoms with Crippen molar-refractivity contribution in [2.75, 3.05) is 37.7 Å². The summed E-state index contributed by atoms with van der Waals surface area (Å²) in [5.41, 5.74) is 0.713. The van der Waals surface area contributed by atoms with Crippen LogP contribution in [-0.4, -0.2) is 70.4 Å². The number of rotatable bonds is 5. The quantitative estimate of drug-likeness (QED) is 0.708. The summed E-state index contributed by atoms with van der Waals surface area (Å²) < 4.78 is 16.4. The minimum absolute atomic E-state index is 0.0357. The van der Waals surface area contributed by atoms with E-state index in [0.717, 1.165) is 5.56 Å². The molecule has 2 aliphatic heterocycles. The highest BCUT2D eigenvalue weighted by Gasteiger charge is 2.40. The van der Waals surface area contributed by atoms with Gasteiger partial charge in [0.05, 0.1) is 31.2 Å². The Morgan fingerprint density at radius 3 is 2.74 bits per heavy atom. The smallest absolute Gasteiger partial charge is 0.410 e. The van der Waals surface area contributed by atoms with Crippen molar-refractivity contribution in [3.05, 3.63) is 42.0 Å². The zero-order valence-electron chi connectivity index (χ0n) is 17.5. The first-order valence-corrected chi connectivity index (χ1v) is 10.1. The fourth-order valence-electron chi connectivity index (χ4n) is 3.49. The van der Waals surface area contributed by atoms with E-state index in [2.05, 4.69) is 25.9 Å². The summed E-state index contributed by atoms with van der Waals surface area (Å²) in [5, 5.41) is 9.13. The Morgan fingerprint density at radius 2 is 2.10 bits per heavy atom. The van der Waals surface area contributed by atoms with E-state index in [0.29, 0.717) is 50.1 Å². The summed E-state index contributed by atoms with van der Waals surface area (Å²) >= 11 is 0. The molecule has 10 nitrogen and oxygen atoms in total. The lowest BCUT2D eigenvalue weighted by Gasteiger charge is -2.42. The molecule has 0 saturated carbocycles. The molecule has 0 unspecified atom stereocenters. The van der Waals surface area contributed by atoms with Gasteiger partial charge in [-0.25, -0.2) is 14.8 Å². The van der Waals surface area contributed by atoms with Crippen LogP contribution in [0.5, 0.6) is 5.75 Å². The molecular weight excluding hydrogens is 400 g/mol. The van der Waals surface area contributed by atoms with E-state index in [1.54, 1.807) is 29.6 Å². The van der Waals surface area contributed by atoms with Crippen molar-refractivity contribution in [3.8, 4) is 11.8 Å². The maximum absolute atomic E-state index is 12.4. The summed E-state index contributed by atoms with van der Waals surface area (Å²) in [6, 6.07) is 3.88. The van der Waals surface area contributed by atoms with Crippen LogP contribution >= 0.6 is 0 Å². The zero-order valence-corrected chi connectivity index (χ0v) is 17.5. The van der Waals surface area contributed by atoms with Gasteiger partial charge >= 0.3 is 6.09 Å². The molecule has 0 aromatic carbocycles. The molecule has 2 fully saturated rings. The van der Waals surface area contributed by atoms with Crippen molar-refractivity contribution in [2.45, 2.75) is 32.1 Å². The lowest BCUT2D eigenvalue weighted by atomic mass is 10.1. The molecule has 2 aromatic heterocycles. The number of nitrogens with zero attached hydrogens (tertiary/aromatic N) is 6. The first-order valence-electron chi connectivity index (χ1n) is 10.1. The SMILES string of the molecule is C[C@@H]1CN(C(=O)OC2(C)COC2)CCN1c1ncc(OCc2ccncc2C#N)cn1. The Morgan fingerprint density at radius 1 is 1.32 bits per heavy atom. The molecule has 4 rings (SSSR count). The number of hydrogen-bond donors (Lipinski definition) is 0. The van der Waals surface area contributed by atoms with Gasteiger partial charge in [0, 0.05) is 43.6 Å². The molecule has 2 saturated heterocycles. The number of amides is 1. The lowest BCUT2D eigenvalue weighted by Crippen LogP contribution is -2.57. The first kappa shape index (κ1) is 20.8. The number of nitriles is 1. The number of aromatic nitrogens is 3. The van der Waals surface area contributed by atoms with E-state index in [-0.39, 0.29) is 18.7 Å². The number of carbonyl (C=O) groups is 1. The first-order chi connectivity index (χ1) is 15.0. The average molecular weight is 424 g/mol. The molecule has 2 aromatic rings. The molecule has 0 bridgehead atoms. The van der Waals surface area contributed by atoms with Crippen molar-refractivity contribution < 1.29 is 19.0 Å². The summed E-state index contributed by atoms with van der Waals surface area (Å²) in [7, 11) is 0. The van der Waals surface area contributed by atoms with Crippen LogP contribution in [-0.2, 0) is 16.1 Å². The lowest BCUT2D eigenvalue weighted by molar-refractivity contribution is -0.172. The van der Waals surface area contributed by atoms with Crippen molar-refractivity contribution in [3.63, 3.8) is 0 Å². The summed E-state index contributed by atoms with van der Waals surface area (Å²) in [5.74, 6) is 1.09. The van der Waals surface area contributed by atoms with Gasteiger partial charge < -0.3 is 24.0 Å². The Balaban J connectivity index is 1.32. The second kappa shape index (κ2) is 8.73. The Kier molecular flexibility index (Phi) is 5.86. The van der Waals surface area contributed by atoms with Gasteiger partial charge in [-0.15, -0.1) is 0 Å². The van der Waals surface area contributed by atoms with Gasteiger partial charge in [0.15, 0.2) is 11.4 Å². The van der Waals surface area contributed by atoms with Gasteiger partial charge in [-0.3, -0.25) is 4.98 Å². The number of pyridine rings is 1. The molecule has 162 valence electrons. The van der Waals surface area contributed by atoms with Gasteiger partial charge in [-0.1, -0.05) is 0 Å². The molecule has 0 radical (unpaired) electrons. The van der Waals surface area contributed by atoms with Crippen molar-refractivity contribution >= 4 is 12.0 Å². The summed E-state index contributed by atoms with van der Waals surface area (Å²) in [6.45, 7) is 6.67. The highest BCUT2D eigenvalue weighted by molar-refractivity contribution is 5.69. The summed E-state index contributed by atoms with van der Waals surface area (Å²) in [6.07, 6.45) is 6.04. The molecule has 10 heteroatoms. The van der Waals surface area contributed by atoms with Crippen LogP contribution < -0.4 is 9.64 Å². The van der Waals surface area contributed by atoms with Gasteiger partial charge in [-0.2, -0.15) is 5.26 Å². The Hall–Kier alpha value is -3.45. The van der Waals surface area contributed by atoms with Crippen molar-refractivity contribution in [2.24, 2.45) is 0 Å². The van der Waals surface area contributed by atoms with Crippen LogP contribution in [0.15, 0.2) is 30.9 Å². The predicted octanol–water partition coefficient (Wildman–Crippen LogP) is 1.76. The third-order valence-electron chi connectivity index (χ3n) is 5.33. The van der Waals surface area contributed by atoms with Crippen LogP contribution in [0.1, 0.15) is 25.0 Å². The van der Waals surface area contributed by atoms with E-state index >= 15 is 0 Å². The molecule has 0 spiro atoms. The fourth-order valence-corrected chi connectivity index (χ4v) is 3.49. The maximum Gasteiger partial charge on any atom is 0.410 e.